The molecule has 122 valence electrons. The minimum atomic E-state index is -0.501. The number of nitrogens with one attached hydrogen (secondary N) is 1. The van der Waals surface area contributed by atoms with Gasteiger partial charge in [0.2, 0.25) is 5.95 Å². The van der Waals surface area contributed by atoms with Crippen LogP contribution in [0.2, 0.25) is 0 Å². The molecule has 1 aromatic heterocycles. The van der Waals surface area contributed by atoms with Crippen LogP contribution in [0.5, 0.6) is 0 Å². The average Bonchev–Trinajstić information content (AvgIpc) is 2.36. The summed E-state index contributed by atoms with van der Waals surface area (Å²) in [5.41, 5.74) is 6.46. The number of rotatable bonds is 4. The van der Waals surface area contributed by atoms with E-state index in [0.717, 1.165) is 19.3 Å². The quantitative estimate of drug-likeness (QED) is 0.788. The van der Waals surface area contributed by atoms with Crippen molar-refractivity contribution in [3.8, 4) is 0 Å². The van der Waals surface area contributed by atoms with Gasteiger partial charge >= 0.3 is 0 Å². The Morgan fingerprint density at radius 1 is 1.45 bits per heavy atom. The summed E-state index contributed by atoms with van der Waals surface area (Å²) in [4.78, 5) is 20.2. The Kier molecular flexibility index (Phi) is 5.01. The zero-order chi connectivity index (χ0) is 16.3. The minimum absolute atomic E-state index is 0.00312. The molecule has 6 nitrogen and oxygen atoms in total. The molecule has 0 bridgehead atoms. The highest BCUT2D eigenvalue weighted by molar-refractivity contribution is 5.93. The number of amides is 1. The molecular formula is C16H26N4O2. The Morgan fingerprint density at radius 2 is 2.18 bits per heavy atom. The topological polar surface area (TPSA) is 101 Å². The van der Waals surface area contributed by atoms with E-state index in [1.54, 1.807) is 0 Å². The zero-order valence-electron chi connectivity index (χ0n) is 13.6. The second-order valence-electron chi connectivity index (χ2n) is 7.32. The smallest absolute Gasteiger partial charge is 0.252 e. The lowest BCUT2D eigenvalue weighted by Crippen LogP contribution is -2.31. The number of hydrogen-bond acceptors (Lipinski definition) is 5. The molecule has 0 spiro atoms. The van der Waals surface area contributed by atoms with Crippen LogP contribution in [0.3, 0.4) is 0 Å². The maximum absolute atomic E-state index is 11.5. The van der Waals surface area contributed by atoms with Crippen molar-refractivity contribution in [1.82, 2.24) is 9.97 Å². The van der Waals surface area contributed by atoms with Crippen LogP contribution in [0.25, 0.3) is 0 Å². The molecule has 0 aromatic carbocycles. The Hall–Kier alpha value is -1.69. The van der Waals surface area contributed by atoms with E-state index in [1.807, 2.05) is 0 Å². The lowest BCUT2D eigenvalue weighted by Gasteiger charge is -2.27. The molecule has 0 aliphatic heterocycles. The third kappa shape index (κ3) is 4.66. The van der Waals surface area contributed by atoms with E-state index in [-0.39, 0.29) is 17.6 Å². The molecule has 0 saturated heterocycles. The van der Waals surface area contributed by atoms with Gasteiger partial charge in [0.15, 0.2) is 0 Å². The SMILES string of the molecule is CC(C)(C)Cc1nc(N[C@H]2CCC[C@H](O)C2)ncc1C(N)=O. The summed E-state index contributed by atoms with van der Waals surface area (Å²) >= 11 is 0. The van der Waals surface area contributed by atoms with Crippen molar-refractivity contribution in [2.75, 3.05) is 5.32 Å². The Balaban J connectivity index is 2.18. The molecule has 1 aliphatic rings. The summed E-state index contributed by atoms with van der Waals surface area (Å²) in [7, 11) is 0. The molecule has 1 aromatic rings. The van der Waals surface area contributed by atoms with E-state index in [2.05, 4.69) is 36.1 Å². The van der Waals surface area contributed by atoms with Gasteiger partial charge in [-0.3, -0.25) is 4.79 Å². The predicted molar refractivity (Wildman–Crippen MR) is 85.6 cm³/mol. The molecule has 2 rings (SSSR count). The molecule has 22 heavy (non-hydrogen) atoms. The van der Waals surface area contributed by atoms with Gasteiger partial charge in [-0.1, -0.05) is 20.8 Å². The molecule has 4 N–H and O–H groups in total. The Bertz CT molecular complexity index is 539. The zero-order valence-corrected chi connectivity index (χ0v) is 13.6. The lowest BCUT2D eigenvalue weighted by molar-refractivity contribution is 0.0998. The summed E-state index contributed by atoms with van der Waals surface area (Å²) in [6.07, 6.45) is 5.43. The van der Waals surface area contributed by atoms with Crippen molar-refractivity contribution in [3.63, 3.8) is 0 Å². The molecule has 6 heteroatoms. The highest BCUT2D eigenvalue weighted by Gasteiger charge is 2.22. The first-order valence-electron chi connectivity index (χ1n) is 7.85. The van der Waals surface area contributed by atoms with Crippen molar-refractivity contribution in [1.29, 1.82) is 0 Å². The molecule has 0 radical (unpaired) electrons. The van der Waals surface area contributed by atoms with Crippen molar-refractivity contribution >= 4 is 11.9 Å². The van der Waals surface area contributed by atoms with E-state index in [4.69, 9.17) is 5.73 Å². The monoisotopic (exact) mass is 306 g/mol. The summed E-state index contributed by atoms with van der Waals surface area (Å²) in [6, 6.07) is 0.172. The highest BCUT2D eigenvalue weighted by Crippen LogP contribution is 2.24. The second kappa shape index (κ2) is 6.60. The van der Waals surface area contributed by atoms with Crippen molar-refractivity contribution in [3.05, 3.63) is 17.5 Å². The number of hydrogen-bond donors (Lipinski definition) is 3. The normalized spacial score (nSPS) is 22.4. The molecule has 0 unspecified atom stereocenters. The number of aromatic nitrogens is 2. The number of carbonyl (C=O) groups is 1. The molecule has 1 heterocycles. The maximum Gasteiger partial charge on any atom is 0.252 e. The minimum Gasteiger partial charge on any atom is -0.393 e. The lowest BCUT2D eigenvalue weighted by atomic mass is 9.89. The largest absolute Gasteiger partial charge is 0.393 e. The first-order chi connectivity index (χ1) is 10.2. The maximum atomic E-state index is 11.5. The van der Waals surface area contributed by atoms with Gasteiger partial charge in [-0.15, -0.1) is 0 Å². The molecule has 1 saturated carbocycles. The van der Waals surface area contributed by atoms with Gasteiger partial charge in [-0.2, -0.15) is 0 Å². The summed E-state index contributed by atoms with van der Waals surface area (Å²) in [5, 5.41) is 13.0. The molecule has 1 fully saturated rings. The summed E-state index contributed by atoms with van der Waals surface area (Å²) in [6.45, 7) is 6.26. The number of nitrogens with two attached hydrogens (primary N) is 1. The fourth-order valence-electron chi connectivity index (χ4n) is 2.81. The van der Waals surface area contributed by atoms with E-state index >= 15 is 0 Å². The van der Waals surface area contributed by atoms with Crippen LogP contribution in [0.4, 0.5) is 5.95 Å². The van der Waals surface area contributed by atoms with Crippen LogP contribution >= 0.6 is 0 Å². The van der Waals surface area contributed by atoms with Gasteiger partial charge in [0.1, 0.15) is 0 Å². The molecule has 1 amide bonds. The first-order valence-corrected chi connectivity index (χ1v) is 7.85. The highest BCUT2D eigenvalue weighted by atomic mass is 16.3. The van der Waals surface area contributed by atoms with Crippen LogP contribution in [0, 0.1) is 5.41 Å². The van der Waals surface area contributed by atoms with Gasteiger partial charge < -0.3 is 16.2 Å². The molecular weight excluding hydrogens is 280 g/mol. The fourth-order valence-corrected chi connectivity index (χ4v) is 2.81. The van der Waals surface area contributed by atoms with Gasteiger partial charge in [-0.05, 0) is 37.5 Å². The first kappa shape index (κ1) is 16.7. The number of aliphatic hydroxyl groups excluding tert-OH is 1. The van der Waals surface area contributed by atoms with E-state index in [0.29, 0.717) is 30.0 Å². The number of anilines is 1. The van der Waals surface area contributed by atoms with E-state index in [9.17, 15) is 9.90 Å². The van der Waals surface area contributed by atoms with Crippen LogP contribution in [-0.4, -0.2) is 33.1 Å². The van der Waals surface area contributed by atoms with Crippen LogP contribution in [0.1, 0.15) is 62.5 Å². The number of aliphatic hydroxyl groups is 1. The van der Waals surface area contributed by atoms with Crippen LogP contribution < -0.4 is 11.1 Å². The molecule has 1 aliphatic carbocycles. The van der Waals surface area contributed by atoms with E-state index < -0.39 is 5.91 Å². The summed E-state index contributed by atoms with van der Waals surface area (Å²) < 4.78 is 0. The summed E-state index contributed by atoms with van der Waals surface area (Å²) in [5.74, 6) is 0.00207. The molecule has 2 atom stereocenters. The standard InChI is InChI=1S/C16H26N4O2/c1-16(2,3)8-13-12(14(17)22)9-18-15(20-13)19-10-5-4-6-11(21)7-10/h9-11,21H,4-8H2,1-3H3,(H2,17,22)(H,18,19,20)/t10-,11-/m0/s1. The van der Waals surface area contributed by atoms with Gasteiger partial charge in [0.05, 0.1) is 17.4 Å². The van der Waals surface area contributed by atoms with Gasteiger partial charge in [0.25, 0.3) is 5.91 Å². The van der Waals surface area contributed by atoms with Crippen molar-refractivity contribution in [2.45, 2.75) is 65.0 Å². The second-order valence-corrected chi connectivity index (χ2v) is 7.32. The Labute approximate surface area is 131 Å². The van der Waals surface area contributed by atoms with Crippen LogP contribution in [-0.2, 0) is 6.42 Å². The van der Waals surface area contributed by atoms with Gasteiger partial charge in [-0.25, -0.2) is 9.97 Å². The third-order valence-corrected chi connectivity index (χ3v) is 3.81. The number of nitrogens with zero attached hydrogens (tertiary/aromatic N) is 2. The number of carbonyl (C=O) groups excluding carboxylic acids is 1. The van der Waals surface area contributed by atoms with Crippen molar-refractivity contribution in [2.24, 2.45) is 11.1 Å². The Morgan fingerprint density at radius 3 is 2.77 bits per heavy atom. The predicted octanol–water partition coefficient (Wildman–Crippen LogP) is 1.88. The third-order valence-electron chi connectivity index (χ3n) is 3.81. The van der Waals surface area contributed by atoms with Gasteiger partial charge in [0, 0.05) is 12.2 Å². The van der Waals surface area contributed by atoms with E-state index in [1.165, 1.54) is 6.20 Å². The van der Waals surface area contributed by atoms with Crippen molar-refractivity contribution < 1.29 is 9.90 Å². The van der Waals surface area contributed by atoms with Crippen LogP contribution in [0.15, 0.2) is 6.20 Å². The average molecular weight is 306 g/mol. The number of primary amides is 1. The fraction of sp³-hybridized carbons (Fsp3) is 0.688.